The molecular formula is C24H22O6. The van der Waals surface area contributed by atoms with Crippen LogP contribution >= 0.6 is 0 Å². The van der Waals surface area contributed by atoms with Gasteiger partial charge in [0.15, 0.2) is 13.2 Å². The molecule has 3 aromatic rings. The van der Waals surface area contributed by atoms with E-state index < -0.39 is 12.6 Å². The van der Waals surface area contributed by atoms with E-state index in [-0.39, 0.29) is 12.4 Å². The van der Waals surface area contributed by atoms with Gasteiger partial charge >= 0.3 is 5.97 Å². The summed E-state index contributed by atoms with van der Waals surface area (Å²) < 4.78 is 20.8. The highest BCUT2D eigenvalue weighted by Gasteiger charge is 2.16. The molecule has 0 heterocycles. The number of hydrogen-bond donors (Lipinski definition) is 0. The molecule has 0 fully saturated rings. The Morgan fingerprint density at radius 3 is 2.07 bits per heavy atom. The van der Waals surface area contributed by atoms with Crippen molar-refractivity contribution in [3.8, 4) is 28.4 Å². The molecule has 6 nitrogen and oxygen atoms in total. The van der Waals surface area contributed by atoms with Crippen LogP contribution in [0.15, 0.2) is 72.8 Å². The minimum absolute atomic E-state index is 0.294. The number of carbonyl (C=O) groups excluding carboxylic acids is 2. The summed E-state index contributed by atoms with van der Waals surface area (Å²) in [7, 11) is 2.97. The maximum absolute atomic E-state index is 12.3. The zero-order valence-corrected chi connectivity index (χ0v) is 16.8. The molecule has 0 unspecified atom stereocenters. The van der Waals surface area contributed by atoms with Crippen LogP contribution in [0.2, 0.25) is 0 Å². The third-order valence-electron chi connectivity index (χ3n) is 4.39. The van der Waals surface area contributed by atoms with E-state index in [4.69, 9.17) is 18.9 Å². The van der Waals surface area contributed by atoms with Crippen molar-refractivity contribution >= 4 is 11.8 Å². The summed E-state index contributed by atoms with van der Waals surface area (Å²) in [6, 6.07) is 22.1. The lowest BCUT2D eigenvalue weighted by Gasteiger charge is -2.10. The molecule has 0 atom stereocenters. The molecule has 154 valence electrons. The van der Waals surface area contributed by atoms with Crippen LogP contribution in [-0.4, -0.2) is 39.2 Å². The van der Waals surface area contributed by atoms with Gasteiger partial charge in [-0.2, -0.15) is 0 Å². The van der Waals surface area contributed by atoms with E-state index in [1.54, 1.807) is 30.3 Å². The van der Waals surface area contributed by atoms with Crippen LogP contribution in [0.25, 0.3) is 11.1 Å². The summed E-state index contributed by atoms with van der Waals surface area (Å²) in [6.07, 6.45) is 0. The summed E-state index contributed by atoms with van der Waals surface area (Å²) >= 11 is 0. The van der Waals surface area contributed by atoms with Gasteiger partial charge in [0.1, 0.15) is 17.2 Å². The van der Waals surface area contributed by atoms with Crippen molar-refractivity contribution in [1.82, 2.24) is 0 Å². The number of methoxy groups -OCH3 is 2. The lowest BCUT2D eigenvalue weighted by Crippen LogP contribution is -2.19. The molecule has 0 radical (unpaired) electrons. The van der Waals surface area contributed by atoms with Gasteiger partial charge in [0.25, 0.3) is 0 Å². The molecule has 0 aliphatic carbocycles. The van der Waals surface area contributed by atoms with Crippen LogP contribution in [-0.2, 0) is 9.53 Å². The average Bonchev–Trinajstić information content (AvgIpc) is 2.81. The Labute approximate surface area is 175 Å². The molecule has 30 heavy (non-hydrogen) atoms. The number of esters is 1. The maximum Gasteiger partial charge on any atom is 0.344 e. The van der Waals surface area contributed by atoms with E-state index in [0.29, 0.717) is 22.8 Å². The Bertz CT molecular complexity index is 996. The van der Waals surface area contributed by atoms with E-state index in [2.05, 4.69) is 0 Å². The highest BCUT2D eigenvalue weighted by Crippen LogP contribution is 2.25. The van der Waals surface area contributed by atoms with Crippen LogP contribution < -0.4 is 14.2 Å². The maximum atomic E-state index is 12.3. The summed E-state index contributed by atoms with van der Waals surface area (Å²) in [5.41, 5.74) is 2.45. The minimum atomic E-state index is -0.636. The van der Waals surface area contributed by atoms with Gasteiger partial charge in [0.2, 0.25) is 5.78 Å². The van der Waals surface area contributed by atoms with Crippen molar-refractivity contribution in [2.45, 2.75) is 0 Å². The second-order valence-corrected chi connectivity index (χ2v) is 6.33. The quantitative estimate of drug-likeness (QED) is 0.392. The Morgan fingerprint density at radius 1 is 0.733 bits per heavy atom. The normalized spacial score (nSPS) is 10.2. The molecule has 0 spiro atoms. The number of benzene rings is 3. The van der Waals surface area contributed by atoms with E-state index in [0.717, 1.165) is 11.1 Å². The smallest absolute Gasteiger partial charge is 0.344 e. The number of rotatable bonds is 9. The van der Waals surface area contributed by atoms with Gasteiger partial charge in [-0.3, -0.25) is 4.79 Å². The van der Waals surface area contributed by atoms with Gasteiger partial charge in [0, 0.05) is 6.07 Å². The van der Waals surface area contributed by atoms with Gasteiger partial charge in [-0.1, -0.05) is 42.5 Å². The number of ketones is 1. The monoisotopic (exact) mass is 406 g/mol. The Kier molecular flexibility index (Phi) is 7.05. The summed E-state index contributed by atoms with van der Waals surface area (Å²) in [5, 5.41) is 0. The largest absolute Gasteiger partial charge is 0.497 e. The van der Waals surface area contributed by atoms with E-state index in [1.807, 2.05) is 42.5 Å². The van der Waals surface area contributed by atoms with Crippen molar-refractivity contribution in [3.63, 3.8) is 0 Å². The van der Waals surface area contributed by atoms with Crippen LogP contribution in [0.4, 0.5) is 0 Å². The first-order chi connectivity index (χ1) is 14.6. The van der Waals surface area contributed by atoms with E-state index >= 15 is 0 Å². The molecule has 0 saturated heterocycles. The van der Waals surface area contributed by atoms with Gasteiger partial charge in [0.05, 0.1) is 19.8 Å². The molecular weight excluding hydrogens is 384 g/mol. The SMILES string of the molecule is COc1ccc(C(=O)COC(=O)COc2ccc(-c3ccccc3)cc2)c(OC)c1. The van der Waals surface area contributed by atoms with Gasteiger partial charge < -0.3 is 18.9 Å². The number of carbonyl (C=O) groups is 2. The van der Waals surface area contributed by atoms with Crippen LogP contribution in [0.5, 0.6) is 17.2 Å². The van der Waals surface area contributed by atoms with Crippen LogP contribution in [0.1, 0.15) is 10.4 Å². The Morgan fingerprint density at radius 2 is 1.40 bits per heavy atom. The van der Waals surface area contributed by atoms with Crippen molar-refractivity contribution in [3.05, 3.63) is 78.4 Å². The average molecular weight is 406 g/mol. The van der Waals surface area contributed by atoms with Crippen molar-refractivity contribution in [2.75, 3.05) is 27.4 Å². The minimum Gasteiger partial charge on any atom is -0.497 e. The zero-order valence-electron chi connectivity index (χ0n) is 16.8. The standard InChI is InChI=1S/C24H22O6/c1-27-20-12-13-21(23(14-20)28-2)22(25)15-30-24(26)16-29-19-10-8-18(9-11-19)17-6-4-3-5-7-17/h3-14H,15-16H2,1-2H3. The van der Waals surface area contributed by atoms with Crippen LogP contribution in [0.3, 0.4) is 0 Å². The molecule has 0 aromatic heterocycles. The van der Waals surface area contributed by atoms with Crippen molar-refractivity contribution in [1.29, 1.82) is 0 Å². The number of hydrogen-bond acceptors (Lipinski definition) is 6. The third kappa shape index (κ3) is 5.38. The molecule has 3 rings (SSSR count). The predicted molar refractivity (Wildman–Crippen MR) is 112 cm³/mol. The Hall–Kier alpha value is -3.80. The Balaban J connectivity index is 1.50. The highest BCUT2D eigenvalue weighted by molar-refractivity contribution is 6.00. The van der Waals surface area contributed by atoms with Crippen molar-refractivity contribution < 1.29 is 28.5 Å². The summed E-state index contributed by atoms with van der Waals surface area (Å²) in [5.74, 6) is 0.435. The lowest BCUT2D eigenvalue weighted by molar-refractivity contribution is -0.144. The fraction of sp³-hybridized carbons (Fsp3) is 0.167. The summed E-state index contributed by atoms with van der Waals surface area (Å²) in [6.45, 7) is -0.699. The molecule has 0 N–H and O–H groups in total. The first-order valence-corrected chi connectivity index (χ1v) is 9.30. The highest BCUT2D eigenvalue weighted by atomic mass is 16.6. The fourth-order valence-electron chi connectivity index (χ4n) is 2.81. The fourth-order valence-corrected chi connectivity index (χ4v) is 2.81. The second-order valence-electron chi connectivity index (χ2n) is 6.33. The zero-order chi connectivity index (χ0) is 21.3. The topological polar surface area (TPSA) is 71.1 Å². The van der Waals surface area contributed by atoms with Gasteiger partial charge in [-0.25, -0.2) is 4.79 Å². The van der Waals surface area contributed by atoms with Gasteiger partial charge in [-0.05, 0) is 35.4 Å². The number of ether oxygens (including phenoxy) is 4. The molecule has 0 amide bonds. The molecule has 0 bridgehead atoms. The van der Waals surface area contributed by atoms with Crippen LogP contribution in [0, 0.1) is 0 Å². The molecule has 3 aromatic carbocycles. The van der Waals surface area contributed by atoms with Gasteiger partial charge in [-0.15, -0.1) is 0 Å². The first-order valence-electron chi connectivity index (χ1n) is 9.30. The molecule has 0 saturated carbocycles. The molecule has 0 aliphatic heterocycles. The number of Topliss-reactive ketones (excluding diaryl/α,β-unsaturated/α-hetero) is 1. The molecule has 0 aliphatic rings. The first kappa shape index (κ1) is 20.9. The van der Waals surface area contributed by atoms with Crippen molar-refractivity contribution in [2.24, 2.45) is 0 Å². The molecule has 6 heteroatoms. The predicted octanol–water partition coefficient (Wildman–Crippen LogP) is 4.18. The third-order valence-corrected chi connectivity index (χ3v) is 4.39. The lowest BCUT2D eigenvalue weighted by atomic mass is 10.1. The van der Waals surface area contributed by atoms with E-state index in [1.165, 1.54) is 14.2 Å². The summed E-state index contributed by atoms with van der Waals surface area (Å²) in [4.78, 5) is 24.3. The van der Waals surface area contributed by atoms with E-state index in [9.17, 15) is 9.59 Å². The second kappa shape index (κ2) is 10.1.